The second kappa shape index (κ2) is 9.16. The molecule has 182 valence electrons. The molecule has 2 fully saturated rings. The first-order valence-corrected chi connectivity index (χ1v) is 11.8. The molecule has 1 aliphatic heterocycles. The molecule has 0 unspecified atom stereocenters. The zero-order chi connectivity index (χ0) is 24.7. The Kier molecular flexibility index (Phi) is 6.58. The Morgan fingerprint density at radius 3 is 2.47 bits per heavy atom. The number of benzene rings is 1. The van der Waals surface area contributed by atoms with Gasteiger partial charge in [0.05, 0.1) is 25.7 Å². The van der Waals surface area contributed by atoms with Gasteiger partial charge in [0, 0.05) is 22.0 Å². The van der Waals surface area contributed by atoms with E-state index >= 15 is 0 Å². The fourth-order valence-electron chi connectivity index (χ4n) is 5.57. The molecule has 0 spiro atoms. The van der Waals surface area contributed by atoms with Crippen molar-refractivity contribution in [2.24, 2.45) is 16.7 Å². The van der Waals surface area contributed by atoms with Gasteiger partial charge in [0.2, 0.25) is 0 Å². The molecular weight excluding hydrogens is 432 g/mol. The minimum Gasteiger partial charge on any atom is -0.438 e. The van der Waals surface area contributed by atoms with Gasteiger partial charge in [-0.1, -0.05) is 69.8 Å². The molecule has 3 aliphatic rings. The molecule has 0 bridgehead atoms. The van der Waals surface area contributed by atoms with E-state index in [4.69, 9.17) is 18.9 Å². The fourth-order valence-corrected chi connectivity index (χ4v) is 5.57. The maximum absolute atomic E-state index is 14.2. The number of ether oxygens (including phenoxy) is 4. The molecule has 0 amide bonds. The topological polar surface area (TPSA) is 71.1 Å². The summed E-state index contributed by atoms with van der Waals surface area (Å²) in [5.41, 5.74) is 2.31. The van der Waals surface area contributed by atoms with Gasteiger partial charge >= 0.3 is 6.16 Å². The Morgan fingerprint density at radius 1 is 1.09 bits per heavy atom. The molecule has 0 radical (unpaired) electrons. The lowest BCUT2D eigenvalue weighted by molar-refractivity contribution is -0.294. The number of carbonyl (C=O) groups excluding carboxylic acids is 2. The average molecular weight is 467 g/mol. The van der Waals surface area contributed by atoms with E-state index in [1.807, 2.05) is 70.2 Å². The fraction of sp³-hybridized carbons (Fsp3) is 0.500. The van der Waals surface area contributed by atoms with Gasteiger partial charge in [-0.15, -0.1) is 0 Å². The molecule has 5 atom stereocenters. The van der Waals surface area contributed by atoms with Crippen LogP contribution in [0.15, 0.2) is 65.8 Å². The smallest absolute Gasteiger partial charge is 0.438 e. The van der Waals surface area contributed by atoms with Crippen LogP contribution in [0.5, 0.6) is 0 Å². The summed E-state index contributed by atoms with van der Waals surface area (Å²) in [5.74, 6) is -0.714. The first kappa shape index (κ1) is 24.4. The normalized spacial score (nSPS) is 32.7. The number of fused-ring (bicyclic) bond motifs is 1. The van der Waals surface area contributed by atoms with E-state index in [1.54, 1.807) is 0 Å². The van der Waals surface area contributed by atoms with Crippen molar-refractivity contribution in [1.82, 2.24) is 0 Å². The second-order valence-electron chi connectivity index (χ2n) is 10.2. The zero-order valence-electron chi connectivity index (χ0n) is 20.6. The van der Waals surface area contributed by atoms with E-state index in [0.717, 1.165) is 16.7 Å². The summed E-state index contributed by atoms with van der Waals surface area (Å²) in [6.07, 6.45) is 2.79. The molecule has 1 saturated heterocycles. The van der Waals surface area contributed by atoms with Crippen LogP contribution in [0.1, 0.15) is 52.4 Å². The van der Waals surface area contributed by atoms with Gasteiger partial charge in [-0.2, -0.15) is 0 Å². The lowest BCUT2D eigenvalue weighted by Gasteiger charge is -2.53. The number of rotatable bonds is 4. The summed E-state index contributed by atoms with van der Waals surface area (Å²) in [4.78, 5) is 26.3. The Labute approximate surface area is 201 Å². The van der Waals surface area contributed by atoms with E-state index < -0.39 is 35.3 Å². The molecular formula is C28H34O6. The van der Waals surface area contributed by atoms with Crippen LogP contribution in [-0.4, -0.2) is 37.9 Å². The lowest BCUT2D eigenvalue weighted by Crippen LogP contribution is -2.59. The van der Waals surface area contributed by atoms with Crippen molar-refractivity contribution >= 4 is 11.9 Å². The lowest BCUT2D eigenvalue weighted by atomic mass is 9.59. The molecule has 0 aromatic heterocycles. The summed E-state index contributed by atoms with van der Waals surface area (Å²) < 4.78 is 23.0. The number of methoxy groups -OCH3 is 1. The molecule has 34 heavy (non-hydrogen) atoms. The van der Waals surface area contributed by atoms with Crippen molar-refractivity contribution in [1.29, 1.82) is 0 Å². The quantitative estimate of drug-likeness (QED) is 0.530. The van der Waals surface area contributed by atoms with Gasteiger partial charge in [-0.05, 0) is 30.9 Å². The van der Waals surface area contributed by atoms with Gasteiger partial charge in [-0.3, -0.25) is 4.79 Å². The largest absolute Gasteiger partial charge is 0.508 e. The van der Waals surface area contributed by atoms with E-state index in [2.05, 4.69) is 6.58 Å². The Balaban J connectivity index is 1.70. The number of carbonyl (C=O) groups is 2. The molecule has 1 aromatic carbocycles. The average Bonchev–Trinajstić information content (AvgIpc) is 2.82. The van der Waals surface area contributed by atoms with Gasteiger partial charge in [0.15, 0.2) is 12.1 Å². The Morgan fingerprint density at radius 2 is 1.79 bits per heavy atom. The number of hydrogen-bond donors (Lipinski definition) is 0. The molecule has 1 saturated carbocycles. The standard InChI is InChI=1S/C28H34O6/c1-17-12-13-20(27(3,4)18(17)2)24(29)23-21(33-26(30)31-6)14-15-22-28(23,5)16-32-25(34-22)19-10-8-7-9-11-19/h7-13,21-23,25H,2,14-16H2,1,3-6H3/t21-,22-,23-,25+,28+/m0/s1. The minimum absolute atomic E-state index is 0.0682. The number of ketones is 1. The SMILES string of the molecule is C=C1C(C)=CC=C(C(=O)[C@@H]2[C@@H](OC(=O)OC)CC[C@@H]3O[C@H](c4ccccc4)OC[C@]32C)C1(C)C. The van der Waals surface area contributed by atoms with Gasteiger partial charge in [0.25, 0.3) is 0 Å². The van der Waals surface area contributed by atoms with Crippen molar-refractivity contribution in [3.8, 4) is 0 Å². The van der Waals surface area contributed by atoms with Crippen LogP contribution in [0, 0.1) is 16.7 Å². The summed E-state index contributed by atoms with van der Waals surface area (Å²) in [5, 5.41) is 0. The van der Waals surface area contributed by atoms with Crippen molar-refractivity contribution < 1.29 is 28.5 Å². The van der Waals surface area contributed by atoms with Crippen molar-refractivity contribution in [3.63, 3.8) is 0 Å². The van der Waals surface area contributed by atoms with Crippen molar-refractivity contribution in [2.45, 2.75) is 59.0 Å². The summed E-state index contributed by atoms with van der Waals surface area (Å²) in [6.45, 7) is 12.5. The highest BCUT2D eigenvalue weighted by Gasteiger charge is 2.58. The molecule has 0 N–H and O–H groups in total. The van der Waals surface area contributed by atoms with Crippen LogP contribution >= 0.6 is 0 Å². The van der Waals surface area contributed by atoms with Gasteiger partial charge < -0.3 is 18.9 Å². The maximum Gasteiger partial charge on any atom is 0.508 e. The van der Waals surface area contributed by atoms with E-state index in [0.29, 0.717) is 25.0 Å². The first-order valence-electron chi connectivity index (χ1n) is 11.8. The highest BCUT2D eigenvalue weighted by atomic mass is 16.7. The zero-order valence-corrected chi connectivity index (χ0v) is 20.6. The maximum atomic E-state index is 14.2. The van der Waals surface area contributed by atoms with Crippen LogP contribution in [-0.2, 0) is 23.7 Å². The number of allylic oxidation sites excluding steroid dienone is 5. The molecule has 6 nitrogen and oxygen atoms in total. The third-order valence-corrected chi connectivity index (χ3v) is 7.80. The molecule has 6 heteroatoms. The van der Waals surface area contributed by atoms with Crippen LogP contribution in [0.4, 0.5) is 4.79 Å². The highest BCUT2D eigenvalue weighted by Crippen LogP contribution is 2.52. The molecule has 1 heterocycles. The molecule has 2 aliphatic carbocycles. The van der Waals surface area contributed by atoms with E-state index in [1.165, 1.54) is 7.11 Å². The van der Waals surface area contributed by atoms with Crippen LogP contribution < -0.4 is 0 Å². The van der Waals surface area contributed by atoms with Crippen molar-refractivity contribution in [3.05, 3.63) is 71.3 Å². The summed E-state index contributed by atoms with van der Waals surface area (Å²) in [6, 6.07) is 9.78. The van der Waals surface area contributed by atoms with Crippen LogP contribution in [0.2, 0.25) is 0 Å². The second-order valence-corrected chi connectivity index (χ2v) is 10.2. The monoisotopic (exact) mass is 466 g/mol. The van der Waals surface area contributed by atoms with Gasteiger partial charge in [-0.25, -0.2) is 4.79 Å². The van der Waals surface area contributed by atoms with Crippen LogP contribution in [0.3, 0.4) is 0 Å². The van der Waals surface area contributed by atoms with E-state index in [-0.39, 0.29) is 11.9 Å². The minimum atomic E-state index is -0.790. The van der Waals surface area contributed by atoms with Gasteiger partial charge in [0.1, 0.15) is 6.10 Å². The van der Waals surface area contributed by atoms with Crippen molar-refractivity contribution in [2.75, 3.05) is 13.7 Å². The first-order chi connectivity index (χ1) is 16.1. The Hall–Kier alpha value is -2.70. The molecule has 4 rings (SSSR count). The Bertz CT molecular complexity index is 1040. The molecule has 1 aromatic rings. The van der Waals surface area contributed by atoms with E-state index in [9.17, 15) is 9.59 Å². The predicted molar refractivity (Wildman–Crippen MR) is 128 cm³/mol. The summed E-state index contributed by atoms with van der Waals surface area (Å²) in [7, 11) is 1.27. The summed E-state index contributed by atoms with van der Waals surface area (Å²) >= 11 is 0. The van der Waals surface area contributed by atoms with Crippen LogP contribution in [0.25, 0.3) is 0 Å². The highest BCUT2D eigenvalue weighted by molar-refractivity contribution is 6.01. The third-order valence-electron chi connectivity index (χ3n) is 7.80. The predicted octanol–water partition coefficient (Wildman–Crippen LogP) is 5.71. The number of hydrogen-bond acceptors (Lipinski definition) is 6. The number of Topliss-reactive ketones (excluding diaryl/α,β-unsaturated/α-hetero) is 1. The third kappa shape index (κ3) is 4.14.